The summed E-state index contributed by atoms with van der Waals surface area (Å²) in [5.74, 6) is -0.270. The number of anilines is 3. The standard InChI is InChI=1S/C20H26N4O5S/c1-5-23(6-2)30(28,29)17-11-12-18(19(13-17)24(26)27)21-15-7-9-16(10-8-15)22-20(25)14(3)4/h7-14,21H,5-6H2,1-4H3,(H,22,25). The summed E-state index contributed by atoms with van der Waals surface area (Å²) in [6.45, 7) is 7.53. The number of rotatable bonds is 9. The minimum Gasteiger partial charge on any atom is -0.350 e. The van der Waals surface area contributed by atoms with E-state index in [4.69, 9.17) is 0 Å². The van der Waals surface area contributed by atoms with Gasteiger partial charge in [-0.3, -0.25) is 14.9 Å². The Kier molecular flexibility index (Phi) is 7.52. The van der Waals surface area contributed by atoms with Crippen LogP contribution in [0.15, 0.2) is 47.4 Å². The first-order chi connectivity index (χ1) is 14.1. The van der Waals surface area contributed by atoms with E-state index < -0.39 is 14.9 Å². The number of nitrogens with one attached hydrogen (secondary N) is 2. The van der Waals surface area contributed by atoms with E-state index in [0.29, 0.717) is 11.4 Å². The Morgan fingerprint density at radius 1 is 1.07 bits per heavy atom. The Balaban J connectivity index is 2.30. The highest BCUT2D eigenvalue weighted by Gasteiger charge is 2.25. The predicted octanol–water partition coefficient (Wildman–Crippen LogP) is 3.96. The third kappa shape index (κ3) is 5.33. The molecule has 10 heteroatoms. The Labute approximate surface area is 176 Å². The number of amides is 1. The summed E-state index contributed by atoms with van der Waals surface area (Å²) in [5.41, 5.74) is 0.979. The van der Waals surface area contributed by atoms with Gasteiger partial charge < -0.3 is 10.6 Å². The maximum absolute atomic E-state index is 12.7. The summed E-state index contributed by atoms with van der Waals surface area (Å²) in [6, 6.07) is 10.5. The molecule has 0 atom stereocenters. The van der Waals surface area contributed by atoms with Crippen LogP contribution in [-0.2, 0) is 14.8 Å². The largest absolute Gasteiger partial charge is 0.350 e. The van der Waals surface area contributed by atoms with E-state index in [1.807, 2.05) is 0 Å². The van der Waals surface area contributed by atoms with Crippen LogP contribution in [0.2, 0.25) is 0 Å². The van der Waals surface area contributed by atoms with Gasteiger partial charge in [0, 0.05) is 36.4 Å². The van der Waals surface area contributed by atoms with Gasteiger partial charge in [0.25, 0.3) is 5.69 Å². The highest BCUT2D eigenvalue weighted by molar-refractivity contribution is 7.89. The van der Waals surface area contributed by atoms with E-state index in [-0.39, 0.29) is 41.2 Å². The Morgan fingerprint density at radius 3 is 2.13 bits per heavy atom. The van der Waals surface area contributed by atoms with Crippen molar-refractivity contribution in [1.29, 1.82) is 0 Å². The third-order valence-electron chi connectivity index (χ3n) is 4.46. The SMILES string of the molecule is CCN(CC)S(=O)(=O)c1ccc(Nc2ccc(NC(=O)C(C)C)cc2)c([N+](=O)[O-])c1. The quantitative estimate of drug-likeness (QED) is 0.455. The van der Waals surface area contributed by atoms with Gasteiger partial charge in [-0.2, -0.15) is 4.31 Å². The summed E-state index contributed by atoms with van der Waals surface area (Å²) < 4.78 is 26.6. The number of nitro groups is 1. The number of benzene rings is 2. The van der Waals surface area contributed by atoms with Crippen LogP contribution < -0.4 is 10.6 Å². The molecule has 162 valence electrons. The third-order valence-corrected chi connectivity index (χ3v) is 6.51. The zero-order chi connectivity index (χ0) is 22.5. The van der Waals surface area contributed by atoms with Crippen LogP contribution in [0.4, 0.5) is 22.7 Å². The van der Waals surface area contributed by atoms with Crippen molar-refractivity contribution in [2.45, 2.75) is 32.6 Å². The molecule has 9 nitrogen and oxygen atoms in total. The van der Waals surface area contributed by atoms with Crippen LogP contribution in [0.3, 0.4) is 0 Å². The molecule has 0 radical (unpaired) electrons. The van der Waals surface area contributed by atoms with Gasteiger partial charge in [-0.05, 0) is 36.4 Å². The molecule has 0 fully saturated rings. The molecule has 0 aliphatic rings. The first-order valence-electron chi connectivity index (χ1n) is 9.56. The van der Waals surface area contributed by atoms with E-state index in [2.05, 4.69) is 10.6 Å². The molecule has 0 bridgehead atoms. The molecule has 0 unspecified atom stereocenters. The van der Waals surface area contributed by atoms with Crippen LogP contribution in [0.25, 0.3) is 0 Å². The summed E-state index contributed by atoms with van der Waals surface area (Å²) in [7, 11) is -3.81. The minimum atomic E-state index is -3.81. The predicted molar refractivity (Wildman–Crippen MR) is 116 cm³/mol. The first kappa shape index (κ1) is 23.3. The fourth-order valence-electron chi connectivity index (χ4n) is 2.72. The molecule has 0 saturated heterocycles. The van der Waals surface area contributed by atoms with Crippen LogP contribution in [0.1, 0.15) is 27.7 Å². The highest BCUT2D eigenvalue weighted by atomic mass is 32.2. The van der Waals surface area contributed by atoms with Gasteiger partial charge in [-0.1, -0.05) is 27.7 Å². The van der Waals surface area contributed by atoms with Gasteiger partial charge in [0.05, 0.1) is 9.82 Å². The average Bonchev–Trinajstić information content (AvgIpc) is 2.70. The van der Waals surface area contributed by atoms with E-state index in [1.54, 1.807) is 52.0 Å². The lowest BCUT2D eigenvalue weighted by atomic mass is 10.2. The molecule has 2 N–H and O–H groups in total. The van der Waals surface area contributed by atoms with Crippen LogP contribution in [0.5, 0.6) is 0 Å². The smallest absolute Gasteiger partial charge is 0.294 e. The number of hydrogen-bond acceptors (Lipinski definition) is 6. The number of hydrogen-bond donors (Lipinski definition) is 2. The zero-order valence-electron chi connectivity index (χ0n) is 17.4. The second-order valence-electron chi connectivity index (χ2n) is 6.87. The lowest BCUT2D eigenvalue weighted by Gasteiger charge is -2.18. The normalized spacial score (nSPS) is 11.5. The average molecular weight is 435 g/mol. The second-order valence-corrected chi connectivity index (χ2v) is 8.81. The summed E-state index contributed by atoms with van der Waals surface area (Å²) in [4.78, 5) is 22.6. The molecule has 2 rings (SSSR count). The molecule has 0 saturated carbocycles. The molecule has 0 heterocycles. The highest BCUT2D eigenvalue weighted by Crippen LogP contribution is 2.31. The van der Waals surface area contributed by atoms with Crippen molar-refractivity contribution in [2.75, 3.05) is 23.7 Å². The van der Waals surface area contributed by atoms with Gasteiger partial charge in [-0.15, -0.1) is 0 Å². The van der Waals surface area contributed by atoms with Crippen LogP contribution >= 0.6 is 0 Å². The van der Waals surface area contributed by atoms with E-state index in [0.717, 1.165) is 6.07 Å². The molecular formula is C20H26N4O5S. The van der Waals surface area contributed by atoms with Crippen molar-refractivity contribution in [1.82, 2.24) is 4.31 Å². The number of nitrogens with zero attached hydrogens (tertiary/aromatic N) is 2. The number of carbonyl (C=O) groups is 1. The molecule has 2 aromatic rings. The lowest BCUT2D eigenvalue weighted by molar-refractivity contribution is -0.384. The molecule has 0 aliphatic carbocycles. The first-order valence-corrected chi connectivity index (χ1v) is 11.0. The van der Waals surface area contributed by atoms with Gasteiger partial charge >= 0.3 is 0 Å². The molecule has 30 heavy (non-hydrogen) atoms. The van der Waals surface area contributed by atoms with E-state index in [9.17, 15) is 23.3 Å². The Morgan fingerprint density at radius 2 is 1.63 bits per heavy atom. The van der Waals surface area contributed by atoms with E-state index >= 15 is 0 Å². The molecule has 0 aromatic heterocycles. The lowest BCUT2D eigenvalue weighted by Crippen LogP contribution is -2.30. The summed E-state index contributed by atoms with van der Waals surface area (Å²) in [6.07, 6.45) is 0. The summed E-state index contributed by atoms with van der Waals surface area (Å²) >= 11 is 0. The molecule has 0 aliphatic heterocycles. The van der Waals surface area contributed by atoms with Crippen LogP contribution in [0, 0.1) is 16.0 Å². The van der Waals surface area contributed by atoms with Crippen molar-refractivity contribution < 1.29 is 18.1 Å². The zero-order valence-corrected chi connectivity index (χ0v) is 18.2. The molecule has 2 aromatic carbocycles. The fraction of sp³-hybridized carbons (Fsp3) is 0.350. The number of nitro benzene ring substituents is 1. The molecular weight excluding hydrogens is 408 g/mol. The minimum absolute atomic E-state index is 0.114. The van der Waals surface area contributed by atoms with Crippen molar-refractivity contribution in [3.63, 3.8) is 0 Å². The topological polar surface area (TPSA) is 122 Å². The number of sulfonamides is 1. The van der Waals surface area contributed by atoms with Crippen molar-refractivity contribution in [3.8, 4) is 0 Å². The molecule has 1 amide bonds. The maximum atomic E-state index is 12.7. The van der Waals surface area contributed by atoms with Gasteiger partial charge in [0.2, 0.25) is 15.9 Å². The van der Waals surface area contributed by atoms with Gasteiger partial charge in [0.15, 0.2) is 0 Å². The Hall–Kier alpha value is -2.98. The monoisotopic (exact) mass is 434 g/mol. The number of carbonyl (C=O) groups excluding carboxylic acids is 1. The van der Waals surface area contributed by atoms with Crippen molar-refractivity contribution in [2.24, 2.45) is 5.92 Å². The fourth-order valence-corrected chi connectivity index (χ4v) is 4.20. The van der Waals surface area contributed by atoms with Crippen molar-refractivity contribution in [3.05, 3.63) is 52.6 Å². The summed E-state index contributed by atoms with van der Waals surface area (Å²) in [5, 5.41) is 17.2. The maximum Gasteiger partial charge on any atom is 0.294 e. The van der Waals surface area contributed by atoms with E-state index in [1.165, 1.54) is 16.4 Å². The van der Waals surface area contributed by atoms with Gasteiger partial charge in [-0.25, -0.2) is 8.42 Å². The van der Waals surface area contributed by atoms with Crippen LogP contribution in [-0.4, -0.2) is 36.6 Å². The Bertz CT molecular complexity index is 1020. The molecule has 0 spiro atoms. The second kappa shape index (κ2) is 9.68. The van der Waals surface area contributed by atoms with Gasteiger partial charge in [0.1, 0.15) is 5.69 Å². The van der Waals surface area contributed by atoms with Crippen molar-refractivity contribution >= 4 is 38.7 Å².